The standard InChI is InChI=1S/C93H182O17P2/c1-9-85(7)71-63-55-46-40-34-28-22-15-11-13-17-24-30-36-42-48-57-65-73-90(95)103-79-88(109-92(97)75-67-60-50-44-38-32-26-20-19-21-27-33-39-45-53-61-69-83(3)4)81-107-111(99,100)105-77-87(94)78-106-112(101,102)108-82-89(80-104-91(96)74-66-58-52-51-54-62-70-84(5)6)110-93(98)76-68-59-49-43-37-31-25-18-14-12-16-23-29-35-41-47-56-64-72-86(8)10-2/h83-89,94H,9-82H2,1-8H3,(H,99,100)(H,101,102)/t85?,86?,87-,88-,89-/m1/s1. The third-order valence-corrected chi connectivity index (χ3v) is 24.4. The van der Waals surface area contributed by atoms with E-state index in [0.717, 1.165) is 114 Å². The van der Waals surface area contributed by atoms with Gasteiger partial charge in [0.1, 0.15) is 19.3 Å². The van der Waals surface area contributed by atoms with Crippen LogP contribution in [0.25, 0.3) is 0 Å². The number of esters is 4. The Labute approximate surface area is 689 Å². The van der Waals surface area contributed by atoms with Gasteiger partial charge in [0, 0.05) is 25.7 Å². The van der Waals surface area contributed by atoms with Crippen LogP contribution in [0.1, 0.15) is 492 Å². The number of hydrogen-bond acceptors (Lipinski definition) is 15. The minimum absolute atomic E-state index is 0.107. The topological polar surface area (TPSA) is 237 Å². The van der Waals surface area contributed by atoms with Gasteiger partial charge in [-0.15, -0.1) is 0 Å². The minimum atomic E-state index is -4.97. The lowest BCUT2D eigenvalue weighted by molar-refractivity contribution is -0.161. The Bertz CT molecular complexity index is 2170. The lowest BCUT2D eigenvalue weighted by atomic mass is 9.99. The monoisotopic (exact) mass is 1630 g/mol. The maximum atomic E-state index is 13.2. The lowest BCUT2D eigenvalue weighted by Crippen LogP contribution is -2.30. The van der Waals surface area contributed by atoms with Crippen LogP contribution in [0.3, 0.4) is 0 Å². The third-order valence-electron chi connectivity index (χ3n) is 22.5. The van der Waals surface area contributed by atoms with Crippen LogP contribution < -0.4 is 0 Å². The molecule has 0 radical (unpaired) electrons. The molecule has 0 aliphatic carbocycles. The van der Waals surface area contributed by atoms with Crippen molar-refractivity contribution in [3.05, 3.63) is 0 Å². The largest absolute Gasteiger partial charge is 0.472 e. The van der Waals surface area contributed by atoms with Gasteiger partial charge in [-0.1, -0.05) is 441 Å². The molecule has 19 heteroatoms. The molecule has 0 saturated heterocycles. The van der Waals surface area contributed by atoms with Crippen molar-refractivity contribution in [1.29, 1.82) is 0 Å². The Morgan fingerprint density at radius 3 is 0.634 bits per heavy atom. The number of phosphoric acid groups is 2. The number of carbonyl (C=O) groups excluding carboxylic acids is 4. The van der Waals surface area contributed by atoms with Crippen molar-refractivity contribution in [3.8, 4) is 0 Å². The molecule has 7 atom stereocenters. The van der Waals surface area contributed by atoms with E-state index in [4.69, 9.17) is 37.0 Å². The van der Waals surface area contributed by atoms with Crippen LogP contribution in [-0.2, 0) is 65.4 Å². The molecule has 0 aromatic rings. The molecule has 0 heterocycles. The van der Waals surface area contributed by atoms with Crippen LogP contribution in [0.2, 0.25) is 0 Å². The van der Waals surface area contributed by atoms with E-state index >= 15 is 0 Å². The molecular weight excluding hydrogens is 1450 g/mol. The SMILES string of the molecule is CCC(C)CCCCCCCCCCCCCCCCCCCCC(=O)OC[C@H](COP(=O)(O)OC[C@@H](O)COP(=O)(O)OC[C@@H](COC(=O)CCCCCCCCC(C)C)OC(=O)CCCCCCCCCCCCCCCCCCCCC(C)CC)OC(=O)CCCCCCCCCCCCCCCCCCC(C)C. The van der Waals surface area contributed by atoms with Crippen LogP contribution in [-0.4, -0.2) is 96.7 Å². The zero-order valence-electron chi connectivity index (χ0n) is 74.3. The Kier molecular flexibility index (Phi) is 80.0. The molecule has 0 aliphatic rings. The molecular formula is C93H182O17P2. The summed E-state index contributed by atoms with van der Waals surface area (Å²) in [6, 6.07) is 0. The molecule has 0 spiro atoms. The van der Waals surface area contributed by atoms with Crippen LogP contribution >= 0.6 is 15.6 Å². The van der Waals surface area contributed by atoms with Gasteiger partial charge in [-0.25, -0.2) is 9.13 Å². The number of rotatable bonds is 90. The molecule has 0 saturated carbocycles. The zero-order valence-corrected chi connectivity index (χ0v) is 76.1. The van der Waals surface area contributed by atoms with Crippen LogP contribution in [0.15, 0.2) is 0 Å². The van der Waals surface area contributed by atoms with Crippen molar-refractivity contribution in [2.45, 2.75) is 510 Å². The van der Waals surface area contributed by atoms with Gasteiger partial charge in [-0.3, -0.25) is 37.3 Å². The van der Waals surface area contributed by atoms with Crippen LogP contribution in [0, 0.1) is 23.7 Å². The van der Waals surface area contributed by atoms with E-state index < -0.39 is 97.5 Å². The first-order valence-corrected chi connectivity index (χ1v) is 50.8. The third kappa shape index (κ3) is 83.1. The van der Waals surface area contributed by atoms with Gasteiger partial charge in [0.05, 0.1) is 26.4 Å². The second-order valence-corrected chi connectivity index (χ2v) is 37.7. The molecule has 112 heavy (non-hydrogen) atoms. The first-order chi connectivity index (χ1) is 54.2. The Hall–Kier alpha value is -1.94. The van der Waals surface area contributed by atoms with Crippen LogP contribution in [0.5, 0.6) is 0 Å². The zero-order chi connectivity index (χ0) is 82.3. The predicted octanol–water partition coefficient (Wildman–Crippen LogP) is 28.7. The summed E-state index contributed by atoms with van der Waals surface area (Å²) in [5, 5.41) is 10.7. The Morgan fingerprint density at radius 2 is 0.429 bits per heavy atom. The number of aliphatic hydroxyl groups is 1. The average Bonchev–Trinajstić information content (AvgIpc) is 0.900. The number of aliphatic hydroxyl groups excluding tert-OH is 1. The van der Waals surface area contributed by atoms with E-state index in [1.165, 1.54) is 289 Å². The number of hydrogen-bond donors (Lipinski definition) is 3. The van der Waals surface area contributed by atoms with Gasteiger partial charge in [-0.05, 0) is 49.4 Å². The fourth-order valence-electron chi connectivity index (χ4n) is 14.5. The van der Waals surface area contributed by atoms with Crippen molar-refractivity contribution in [2.75, 3.05) is 39.6 Å². The van der Waals surface area contributed by atoms with Crippen LogP contribution in [0.4, 0.5) is 0 Å². The first kappa shape index (κ1) is 110. The predicted molar refractivity (Wildman–Crippen MR) is 464 cm³/mol. The van der Waals surface area contributed by atoms with Gasteiger partial charge < -0.3 is 33.8 Å². The molecule has 0 aromatic carbocycles. The molecule has 0 fully saturated rings. The summed E-state index contributed by atoms with van der Waals surface area (Å²) in [4.78, 5) is 73.4. The molecule has 0 aromatic heterocycles. The highest BCUT2D eigenvalue weighted by molar-refractivity contribution is 7.47. The number of ether oxygens (including phenoxy) is 4. The van der Waals surface area contributed by atoms with Gasteiger partial charge in [-0.2, -0.15) is 0 Å². The Morgan fingerprint density at radius 1 is 0.250 bits per heavy atom. The summed E-state index contributed by atoms with van der Waals surface area (Å²) in [6.07, 6.45) is 73.9. The molecule has 0 rings (SSSR count). The Balaban J connectivity index is 5.18. The summed E-state index contributed by atoms with van der Waals surface area (Å²) in [5.41, 5.74) is 0. The second-order valence-electron chi connectivity index (χ2n) is 34.8. The van der Waals surface area contributed by atoms with Crippen molar-refractivity contribution in [2.24, 2.45) is 23.7 Å². The summed E-state index contributed by atoms with van der Waals surface area (Å²) < 4.78 is 69.0. The molecule has 0 bridgehead atoms. The maximum Gasteiger partial charge on any atom is 0.472 e. The van der Waals surface area contributed by atoms with Crippen molar-refractivity contribution in [1.82, 2.24) is 0 Å². The molecule has 0 aliphatic heterocycles. The fraction of sp³-hybridized carbons (Fsp3) is 0.957. The van der Waals surface area contributed by atoms with Gasteiger partial charge in [0.25, 0.3) is 0 Å². The number of unbranched alkanes of at least 4 members (excludes halogenated alkanes) is 54. The molecule has 17 nitrogen and oxygen atoms in total. The summed E-state index contributed by atoms with van der Waals surface area (Å²) in [6.45, 7) is 14.4. The summed E-state index contributed by atoms with van der Waals surface area (Å²) in [5.74, 6) is 1.13. The molecule has 4 unspecified atom stereocenters. The normalized spacial score (nSPS) is 14.3. The van der Waals surface area contributed by atoms with E-state index in [9.17, 15) is 43.2 Å². The van der Waals surface area contributed by atoms with Crippen molar-refractivity contribution < 1.29 is 80.2 Å². The van der Waals surface area contributed by atoms with Gasteiger partial charge in [0.2, 0.25) is 0 Å². The van der Waals surface area contributed by atoms with E-state index in [2.05, 4.69) is 55.4 Å². The van der Waals surface area contributed by atoms with Crippen molar-refractivity contribution >= 4 is 39.5 Å². The highest BCUT2D eigenvalue weighted by Crippen LogP contribution is 2.45. The quantitative estimate of drug-likeness (QED) is 0.0222. The van der Waals surface area contributed by atoms with Gasteiger partial charge >= 0.3 is 39.5 Å². The molecule has 3 N–H and O–H groups in total. The van der Waals surface area contributed by atoms with E-state index in [0.29, 0.717) is 31.6 Å². The fourth-order valence-corrected chi connectivity index (χ4v) is 16.1. The smallest absolute Gasteiger partial charge is 0.462 e. The minimum Gasteiger partial charge on any atom is -0.462 e. The van der Waals surface area contributed by atoms with E-state index in [1.54, 1.807) is 0 Å². The maximum absolute atomic E-state index is 13.2. The average molecular weight is 1630 g/mol. The van der Waals surface area contributed by atoms with E-state index in [1.807, 2.05) is 0 Å². The molecule has 666 valence electrons. The lowest BCUT2D eigenvalue weighted by Gasteiger charge is -2.21. The summed E-state index contributed by atoms with van der Waals surface area (Å²) in [7, 11) is -9.94. The van der Waals surface area contributed by atoms with Crippen molar-refractivity contribution in [3.63, 3.8) is 0 Å². The van der Waals surface area contributed by atoms with E-state index in [-0.39, 0.29) is 25.7 Å². The first-order valence-electron chi connectivity index (χ1n) is 47.8. The number of phosphoric ester groups is 2. The molecule has 0 amide bonds. The summed E-state index contributed by atoms with van der Waals surface area (Å²) >= 11 is 0. The highest BCUT2D eigenvalue weighted by atomic mass is 31.2. The van der Waals surface area contributed by atoms with Gasteiger partial charge in [0.15, 0.2) is 12.2 Å². The number of carbonyl (C=O) groups is 4. The second kappa shape index (κ2) is 81.4. The highest BCUT2D eigenvalue weighted by Gasteiger charge is 2.31.